The van der Waals surface area contributed by atoms with Crippen molar-refractivity contribution >= 4 is 0 Å². The molecule has 0 heterocycles. The molecule has 0 amide bonds. The summed E-state index contributed by atoms with van der Waals surface area (Å²) in [5, 5.41) is 0. The molecule has 0 aliphatic heterocycles. The predicted octanol–water partition coefficient (Wildman–Crippen LogP) is 3.45. The van der Waals surface area contributed by atoms with E-state index < -0.39 is 0 Å². The van der Waals surface area contributed by atoms with Crippen LogP contribution in [0, 0.1) is 11.8 Å². The van der Waals surface area contributed by atoms with Crippen molar-refractivity contribution in [2.45, 2.75) is 51.5 Å². The van der Waals surface area contributed by atoms with Crippen LogP contribution < -0.4 is 11.3 Å². The quantitative estimate of drug-likeness (QED) is 0.571. The third kappa shape index (κ3) is 3.33. The zero-order chi connectivity index (χ0) is 13.0. The third-order valence-electron chi connectivity index (χ3n) is 4.37. The molecule has 3 unspecified atom stereocenters. The molecule has 2 rings (SSSR count). The highest BCUT2D eigenvalue weighted by atomic mass is 15.2. The van der Waals surface area contributed by atoms with Gasteiger partial charge in [0.25, 0.3) is 0 Å². The Morgan fingerprint density at radius 2 is 1.94 bits per heavy atom. The summed E-state index contributed by atoms with van der Waals surface area (Å²) in [6.45, 7) is 4.61. The van der Waals surface area contributed by atoms with Gasteiger partial charge in [0.2, 0.25) is 0 Å². The highest BCUT2D eigenvalue weighted by Crippen LogP contribution is 2.39. The molecule has 0 aromatic heterocycles. The molecule has 0 saturated heterocycles. The number of nitrogens with two attached hydrogens (primary N) is 1. The molecule has 3 N–H and O–H groups in total. The first-order valence-corrected chi connectivity index (χ1v) is 7.27. The number of rotatable bonds is 7. The zero-order valence-electron chi connectivity index (χ0n) is 11.6. The van der Waals surface area contributed by atoms with Crippen LogP contribution in [0.1, 0.15) is 51.0 Å². The maximum atomic E-state index is 5.83. The second-order valence-electron chi connectivity index (χ2n) is 5.77. The van der Waals surface area contributed by atoms with Crippen LogP contribution in [0.5, 0.6) is 0 Å². The van der Waals surface area contributed by atoms with Gasteiger partial charge in [-0.2, -0.15) is 0 Å². The van der Waals surface area contributed by atoms with Gasteiger partial charge in [-0.05, 0) is 23.8 Å². The monoisotopic (exact) mass is 246 g/mol. The number of hydrogen-bond acceptors (Lipinski definition) is 2. The van der Waals surface area contributed by atoms with Crippen molar-refractivity contribution in [2.75, 3.05) is 0 Å². The first kappa shape index (κ1) is 13.6. The second-order valence-corrected chi connectivity index (χ2v) is 5.77. The Balaban J connectivity index is 2.17. The molecule has 1 aliphatic rings. The molecular formula is C16H26N2. The predicted molar refractivity (Wildman–Crippen MR) is 77.1 cm³/mol. The van der Waals surface area contributed by atoms with Gasteiger partial charge in [-0.1, -0.05) is 63.4 Å². The number of hydrazine groups is 1. The molecule has 1 fully saturated rings. The van der Waals surface area contributed by atoms with E-state index in [0.29, 0.717) is 17.9 Å². The van der Waals surface area contributed by atoms with Crippen molar-refractivity contribution in [1.82, 2.24) is 5.43 Å². The van der Waals surface area contributed by atoms with Crippen molar-refractivity contribution in [3.05, 3.63) is 35.9 Å². The third-order valence-corrected chi connectivity index (χ3v) is 4.37. The first-order chi connectivity index (χ1) is 8.76. The Morgan fingerprint density at radius 1 is 1.28 bits per heavy atom. The second kappa shape index (κ2) is 6.35. The summed E-state index contributed by atoms with van der Waals surface area (Å²) in [5.74, 6) is 7.92. The van der Waals surface area contributed by atoms with E-state index in [9.17, 15) is 0 Å². The Morgan fingerprint density at radius 3 is 2.44 bits per heavy atom. The maximum absolute atomic E-state index is 5.83. The minimum absolute atomic E-state index is 0.412. The molecule has 0 spiro atoms. The lowest BCUT2D eigenvalue weighted by molar-refractivity contribution is 0.314. The zero-order valence-corrected chi connectivity index (χ0v) is 11.6. The standard InChI is InChI=1S/C16H26N2/c1-3-12(2)16(14-7-5-4-6-8-14)15(18-17)11-13-9-10-13/h4-8,12-13,15-16,18H,3,9-11,17H2,1-2H3. The first-order valence-electron chi connectivity index (χ1n) is 7.27. The number of hydrogen-bond donors (Lipinski definition) is 2. The van der Waals surface area contributed by atoms with E-state index in [1.54, 1.807) is 0 Å². The van der Waals surface area contributed by atoms with Gasteiger partial charge < -0.3 is 0 Å². The van der Waals surface area contributed by atoms with Crippen molar-refractivity contribution in [1.29, 1.82) is 0 Å². The molecule has 3 atom stereocenters. The lowest BCUT2D eigenvalue weighted by Crippen LogP contribution is -2.42. The molecule has 1 aromatic carbocycles. The fourth-order valence-corrected chi connectivity index (χ4v) is 2.92. The van der Waals surface area contributed by atoms with Gasteiger partial charge in [0, 0.05) is 12.0 Å². The Kier molecular flexibility index (Phi) is 4.79. The van der Waals surface area contributed by atoms with Crippen LogP contribution >= 0.6 is 0 Å². The molecule has 0 bridgehead atoms. The van der Waals surface area contributed by atoms with E-state index >= 15 is 0 Å². The molecule has 0 radical (unpaired) electrons. The fourth-order valence-electron chi connectivity index (χ4n) is 2.92. The maximum Gasteiger partial charge on any atom is 0.0284 e. The molecule has 18 heavy (non-hydrogen) atoms. The van der Waals surface area contributed by atoms with Crippen LogP contribution in [0.4, 0.5) is 0 Å². The van der Waals surface area contributed by atoms with Crippen LogP contribution in [0.25, 0.3) is 0 Å². The molecule has 1 saturated carbocycles. The van der Waals surface area contributed by atoms with Crippen LogP contribution in [0.15, 0.2) is 30.3 Å². The molecule has 2 heteroatoms. The molecule has 2 nitrogen and oxygen atoms in total. The average molecular weight is 246 g/mol. The van der Waals surface area contributed by atoms with Gasteiger partial charge in [0.05, 0.1) is 0 Å². The Bertz CT molecular complexity index is 345. The van der Waals surface area contributed by atoms with E-state index in [1.807, 2.05) is 0 Å². The van der Waals surface area contributed by atoms with E-state index in [2.05, 4.69) is 49.6 Å². The van der Waals surface area contributed by atoms with E-state index in [1.165, 1.54) is 31.2 Å². The normalized spacial score (nSPS) is 20.4. The van der Waals surface area contributed by atoms with Gasteiger partial charge in [0.15, 0.2) is 0 Å². The van der Waals surface area contributed by atoms with Crippen molar-refractivity contribution < 1.29 is 0 Å². The fraction of sp³-hybridized carbons (Fsp3) is 0.625. The average Bonchev–Trinajstić information content (AvgIpc) is 3.22. The van der Waals surface area contributed by atoms with Crippen molar-refractivity contribution in [2.24, 2.45) is 17.7 Å². The summed E-state index contributed by atoms with van der Waals surface area (Å²) in [6, 6.07) is 11.3. The summed E-state index contributed by atoms with van der Waals surface area (Å²) in [6.07, 6.45) is 5.20. The van der Waals surface area contributed by atoms with Crippen molar-refractivity contribution in [3.63, 3.8) is 0 Å². The highest BCUT2D eigenvalue weighted by Gasteiger charge is 2.32. The van der Waals surface area contributed by atoms with E-state index in [-0.39, 0.29) is 0 Å². The van der Waals surface area contributed by atoms with Gasteiger partial charge >= 0.3 is 0 Å². The smallest absolute Gasteiger partial charge is 0.0284 e. The summed E-state index contributed by atoms with van der Waals surface area (Å²) in [4.78, 5) is 0. The molecular weight excluding hydrogens is 220 g/mol. The lowest BCUT2D eigenvalue weighted by atomic mass is 9.78. The van der Waals surface area contributed by atoms with Gasteiger partial charge in [0.1, 0.15) is 0 Å². The number of benzene rings is 1. The lowest BCUT2D eigenvalue weighted by Gasteiger charge is -2.31. The van der Waals surface area contributed by atoms with Crippen LogP contribution in [-0.4, -0.2) is 6.04 Å². The van der Waals surface area contributed by atoms with Crippen LogP contribution in [0.2, 0.25) is 0 Å². The minimum atomic E-state index is 0.412. The van der Waals surface area contributed by atoms with Gasteiger partial charge in [-0.25, -0.2) is 0 Å². The van der Waals surface area contributed by atoms with E-state index in [0.717, 1.165) is 5.92 Å². The van der Waals surface area contributed by atoms with Crippen LogP contribution in [-0.2, 0) is 0 Å². The van der Waals surface area contributed by atoms with Crippen LogP contribution in [0.3, 0.4) is 0 Å². The SMILES string of the molecule is CCC(C)C(c1ccccc1)C(CC1CC1)NN. The van der Waals surface area contributed by atoms with E-state index in [4.69, 9.17) is 5.84 Å². The topological polar surface area (TPSA) is 38.0 Å². The minimum Gasteiger partial charge on any atom is -0.271 e. The largest absolute Gasteiger partial charge is 0.271 e. The van der Waals surface area contributed by atoms with Gasteiger partial charge in [-0.3, -0.25) is 11.3 Å². The van der Waals surface area contributed by atoms with Crippen molar-refractivity contribution in [3.8, 4) is 0 Å². The Hall–Kier alpha value is -0.860. The van der Waals surface area contributed by atoms with Gasteiger partial charge in [-0.15, -0.1) is 0 Å². The summed E-state index contributed by atoms with van der Waals surface area (Å²) < 4.78 is 0. The molecule has 1 aromatic rings. The highest BCUT2D eigenvalue weighted by molar-refractivity contribution is 5.22. The number of nitrogens with one attached hydrogen (secondary N) is 1. The molecule has 1 aliphatic carbocycles. The molecule has 100 valence electrons. The summed E-state index contributed by atoms with van der Waals surface area (Å²) in [7, 11) is 0. The Labute approximate surface area is 111 Å². The summed E-state index contributed by atoms with van der Waals surface area (Å²) in [5.41, 5.74) is 4.51. The summed E-state index contributed by atoms with van der Waals surface area (Å²) >= 11 is 0.